The second-order valence-corrected chi connectivity index (χ2v) is 16.7. The predicted octanol–water partition coefficient (Wildman–Crippen LogP) is 13.1. The van der Waals surface area contributed by atoms with E-state index in [1.807, 2.05) is 0 Å². The molecule has 2 aromatic heterocycles. The van der Waals surface area contributed by atoms with Crippen molar-refractivity contribution in [3.63, 3.8) is 0 Å². The fourth-order valence-corrected chi connectivity index (χ4v) is 10.4. The molecule has 1 aliphatic carbocycles. The monoisotopic (exact) mass is 700 g/mol. The topological polar surface area (TPSA) is 16.3 Å². The molecule has 2 aliphatic heterocycles. The zero-order valence-corrected chi connectivity index (χ0v) is 31.9. The van der Waals surface area contributed by atoms with Gasteiger partial charge in [-0.1, -0.05) is 88.4 Å². The first-order valence-electron chi connectivity index (χ1n) is 19.4. The van der Waals surface area contributed by atoms with Crippen LogP contribution in [0.5, 0.6) is 0 Å². The summed E-state index contributed by atoms with van der Waals surface area (Å²) in [5.41, 5.74) is 18.0. The van der Waals surface area contributed by atoms with Gasteiger partial charge in [0, 0.05) is 85.6 Å². The smallest absolute Gasteiger partial charge is 0.0502 e. The van der Waals surface area contributed by atoms with Gasteiger partial charge in [-0.25, -0.2) is 0 Å². The minimum atomic E-state index is -0.0897. The highest BCUT2D eigenvalue weighted by molar-refractivity contribution is 6.19. The van der Waals surface area contributed by atoms with Gasteiger partial charge in [0.1, 0.15) is 0 Å². The van der Waals surface area contributed by atoms with Gasteiger partial charge in [0.05, 0.1) is 17.1 Å². The van der Waals surface area contributed by atoms with Gasteiger partial charge in [0.15, 0.2) is 0 Å². The summed E-state index contributed by atoms with van der Waals surface area (Å²) < 4.78 is 4.76. The van der Waals surface area contributed by atoms with Crippen LogP contribution in [0.25, 0.3) is 43.6 Å². The van der Waals surface area contributed by atoms with Crippen LogP contribution < -0.4 is 9.80 Å². The highest BCUT2D eigenvalue weighted by atomic mass is 15.2. The second-order valence-electron chi connectivity index (χ2n) is 16.7. The van der Waals surface area contributed by atoms with E-state index < -0.39 is 0 Å². The first-order valence-corrected chi connectivity index (χ1v) is 19.4. The number of fused-ring (bicyclic) bond motifs is 9. The lowest BCUT2D eigenvalue weighted by atomic mass is 9.70. The molecule has 54 heavy (non-hydrogen) atoms. The molecule has 0 atom stereocenters. The Hall–Kier alpha value is -6.00. The summed E-state index contributed by atoms with van der Waals surface area (Å²) in [6, 6.07) is 45.8. The van der Waals surface area contributed by atoms with Crippen molar-refractivity contribution in [1.29, 1.82) is 0 Å². The Morgan fingerprint density at radius 3 is 1.44 bits per heavy atom. The maximum Gasteiger partial charge on any atom is 0.0502 e. The SMILES string of the molecule is Cn1c2ccc(N3C4=C(CCC=C4)C(C)(C)c4ccccc43)cc2c2cc3c(cc21)c1cc(N2c4ccccc4C(C)(C)c4ccccc42)ccc1n3C. The fourth-order valence-electron chi connectivity index (χ4n) is 10.4. The van der Waals surface area contributed by atoms with E-state index in [0.29, 0.717) is 0 Å². The van der Waals surface area contributed by atoms with E-state index in [1.165, 1.54) is 100 Å². The lowest BCUT2D eigenvalue weighted by Gasteiger charge is -2.44. The third kappa shape index (κ3) is 4.03. The van der Waals surface area contributed by atoms with Crippen LogP contribution >= 0.6 is 0 Å². The first kappa shape index (κ1) is 31.5. The Morgan fingerprint density at radius 1 is 0.463 bits per heavy atom. The number of rotatable bonds is 2. The van der Waals surface area contributed by atoms with Crippen LogP contribution in [0, 0.1) is 0 Å². The van der Waals surface area contributed by atoms with E-state index in [9.17, 15) is 0 Å². The molecule has 4 nitrogen and oxygen atoms in total. The zero-order valence-electron chi connectivity index (χ0n) is 31.9. The Kier molecular flexibility index (Phi) is 6.30. The summed E-state index contributed by atoms with van der Waals surface area (Å²) in [6.07, 6.45) is 6.90. The van der Waals surface area contributed by atoms with Gasteiger partial charge in [-0.05, 0) is 108 Å². The largest absolute Gasteiger partial charge is 0.344 e. The number of nitrogens with zero attached hydrogens (tertiary/aromatic N) is 4. The van der Waals surface area contributed by atoms with Crippen LogP contribution in [0.1, 0.15) is 57.2 Å². The Morgan fingerprint density at radius 2 is 0.907 bits per heavy atom. The number of aryl methyl sites for hydroxylation is 2. The summed E-state index contributed by atoms with van der Waals surface area (Å²) in [6.45, 7) is 9.49. The standard InChI is InChI=1S/C50H44N4/c1-49(2)37-15-7-11-19-43(37)53(44-20-12-8-16-38(44)49)31-23-25-41-33(27-31)35-29-48-36(30-47(35)51(41)5)34-28-32(24-26-42(34)52(48)6)54-45-21-13-9-17-39(45)50(3,4)40-18-10-14-22-46(40)54/h7-9,11-17,19-30H,10,18H2,1-6H3. The molecule has 4 heteroatoms. The lowest BCUT2D eigenvalue weighted by Crippen LogP contribution is -2.34. The molecule has 0 saturated heterocycles. The van der Waals surface area contributed by atoms with E-state index in [0.717, 1.165) is 12.8 Å². The van der Waals surface area contributed by atoms with Crippen molar-refractivity contribution in [3.8, 4) is 0 Å². The summed E-state index contributed by atoms with van der Waals surface area (Å²) in [5.74, 6) is 0. The van der Waals surface area contributed by atoms with Crippen molar-refractivity contribution in [2.24, 2.45) is 14.1 Å². The number of allylic oxidation sites excluding steroid dienone is 3. The molecular formula is C50H44N4. The molecule has 0 fully saturated rings. The normalized spacial score (nSPS) is 17.0. The summed E-state index contributed by atoms with van der Waals surface area (Å²) in [4.78, 5) is 4.98. The van der Waals surface area contributed by atoms with E-state index in [4.69, 9.17) is 0 Å². The third-order valence-electron chi connectivity index (χ3n) is 13.2. The molecular weight excluding hydrogens is 657 g/mol. The molecule has 3 aliphatic rings. The second kappa shape index (κ2) is 10.8. The van der Waals surface area contributed by atoms with Gasteiger partial charge in [-0.2, -0.15) is 0 Å². The Bertz CT molecular complexity index is 2930. The van der Waals surface area contributed by atoms with Gasteiger partial charge < -0.3 is 18.9 Å². The van der Waals surface area contributed by atoms with Crippen molar-refractivity contribution < 1.29 is 0 Å². The lowest BCUT2D eigenvalue weighted by molar-refractivity contribution is 0.571. The molecule has 0 amide bonds. The van der Waals surface area contributed by atoms with Gasteiger partial charge in [0.2, 0.25) is 0 Å². The van der Waals surface area contributed by atoms with Crippen LogP contribution in [-0.2, 0) is 24.9 Å². The van der Waals surface area contributed by atoms with Crippen LogP contribution in [0.2, 0.25) is 0 Å². The molecule has 0 N–H and O–H groups in total. The molecule has 8 aromatic rings. The molecule has 6 aromatic carbocycles. The van der Waals surface area contributed by atoms with Crippen molar-refractivity contribution in [2.75, 3.05) is 9.80 Å². The summed E-state index contributed by atoms with van der Waals surface area (Å²) >= 11 is 0. The molecule has 0 unspecified atom stereocenters. The molecule has 264 valence electrons. The summed E-state index contributed by atoms with van der Waals surface area (Å²) in [5, 5.41) is 5.12. The van der Waals surface area contributed by atoms with Crippen LogP contribution in [0.4, 0.5) is 28.4 Å². The Balaban J connectivity index is 1.10. The first-order chi connectivity index (χ1) is 26.1. The predicted molar refractivity (Wildman–Crippen MR) is 228 cm³/mol. The van der Waals surface area contributed by atoms with Crippen molar-refractivity contribution in [1.82, 2.24) is 9.13 Å². The van der Waals surface area contributed by atoms with Gasteiger partial charge in [-0.3, -0.25) is 0 Å². The number of hydrogen-bond donors (Lipinski definition) is 0. The highest BCUT2D eigenvalue weighted by Gasteiger charge is 2.39. The molecule has 0 bridgehead atoms. The van der Waals surface area contributed by atoms with E-state index in [2.05, 4.69) is 194 Å². The highest BCUT2D eigenvalue weighted by Crippen LogP contribution is 2.53. The van der Waals surface area contributed by atoms with Gasteiger partial charge >= 0.3 is 0 Å². The fraction of sp³-hybridized carbons (Fsp3) is 0.200. The molecule has 0 spiro atoms. The van der Waals surface area contributed by atoms with Crippen molar-refractivity contribution in [3.05, 3.63) is 161 Å². The number of benzene rings is 6. The number of anilines is 5. The quantitative estimate of drug-likeness (QED) is 0.178. The zero-order chi connectivity index (χ0) is 36.7. The van der Waals surface area contributed by atoms with E-state index >= 15 is 0 Å². The molecule has 0 radical (unpaired) electrons. The number of hydrogen-bond acceptors (Lipinski definition) is 2. The number of para-hydroxylation sites is 3. The maximum atomic E-state index is 2.51. The average molecular weight is 701 g/mol. The van der Waals surface area contributed by atoms with Crippen molar-refractivity contribution in [2.45, 2.75) is 51.4 Å². The van der Waals surface area contributed by atoms with Crippen LogP contribution in [0.3, 0.4) is 0 Å². The van der Waals surface area contributed by atoms with E-state index in [1.54, 1.807) is 0 Å². The summed E-state index contributed by atoms with van der Waals surface area (Å²) in [7, 11) is 4.44. The Labute approximate surface area is 316 Å². The van der Waals surface area contributed by atoms with Gasteiger partial charge in [0.25, 0.3) is 0 Å². The average Bonchev–Trinajstić information content (AvgIpc) is 3.63. The third-order valence-corrected chi connectivity index (χ3v) is 13.2. The van der Waals surface area contributed by atoms with Crippen LogP contribution in [0.15, 0.2) is 145 Å². The maximum absolute atomic E-state index is 2.51. The van der Waals surface area contributed by atoms with Crippen molar-refractivity contribution >= 4 is 72.0 Å². The van der Waals surface area contributed by atoms with Gasteiger partial charge in [-0.15, -0.1) is 0 Å². The molecule has 0 saturated carbocycles. The molecule has 11 rings (SSSR count). The number of aromatic nitrogens is 2. The minimum absolute atomic E-state index is 0.00585. The minimum Gasteiger partial charge on any atom is -0.344 e. The van der Waals surface area contributed by atoms with E-state index in [-0.39, 0.29) is 10.8 Å². The van der Waals surface area contributed by atoms with Crippen LogP contribution in [-0.4, -0.2) is 9.13 Å². The molecule has 4 heterocycles.